The fraction of sp³-hybridized carbons (Fsp3) is 0.417. The second kappa shape index (κ2) is 5.30. The van der Waals surface area contributed by atoms with Crippen LogP contribution in [0.15, 0.2) is 17.6 Å². The minimum absolute atomic E-state index is 0.0803. The van der Waals surface area contributed by atoms with E-state index in [4.69, 9.17) is 0 Å². The van der Waals surface area contributed by atoms with Crippen molar-refractivity contribution >= 4 is 32.9 Å². The van der Waals surface area contributed by atoms with Crippen molar-refractivity contribution in [2.75, 3.05) is 5.32 Å². The molecule has 0 spiro atoms. The van der Waals surface area contributed by atoms with Crippen LogP contribution in [-0.4, -0.2) is 15.9 Å². The molecule has 6 heteroatoms. The number of aromatic nitrogens is 1. The first kappa shape index (κ1) is 12.8. The van der Waals surface area contributed by atoms with Gasteiger partial charge in [-0.05, 0) is 25.5 Å². The Morgan fingerprint density at radius 3 is 3.00 bits per heavy atom. The Bertz CT molecular complexity index is 567. The van der Waals surface area contributed by atoms with Gasteiger partial charge >= 0.3 is 5.69 Å². The molecule has 1 aromatic heterocycles. The number of nitro groups is 1. The second-order valence-corrected chi connectivity index (χ2v) is 5.14. The van der Waals surface area contributed by atoms with Gasteiger partial charge in [-0.2, -0.15) is 0 Å². The average Bonchev–Trinajstić information content (AvgIpc) is 2.76. The van der Waals surface area contributed by atoms with Gasteiger partial charge in [0.25, 0.3) is 0 Å². The van der Waals surface area contributed by atoms with Crippen LogP contribution in [0, 0.1) is 10.1 Å². The van der Waals surface area contributed by atoms with E-state index in [0.29, 0.717) is 11.2 Å². The third-order valence-corrected chi connectivity index (χ3v) is 3.58. The maximum Gasteiger partial charge on any atom is 0.319 e. The Kier molecular flexibility index (Phi) is 3.76. The van der Waals surface area contributed by atoms with Crippen molar-refractivity contribution < 1.29 is 4.92 Å². The van der Waals surface area contributed by atoms with Crippen LogP contribution in [0.25, 0.3) is 10.2 Å². The molecule has 5 nitrogen and oxygen atoms in total. The summed E-state index contributed by atoms with van der Waals surface area (Å²) in [5.74, 6) is 0. The Hall–Kier alpha value is -1.69. The van der Waals surface area contributed by atoms with Gasteiger partial charge in [-0.25, -0.2) is 4.98 Å². The van der Waals surface area contributed by atoms with Crippen LogP contribution in [0.3, 0.4) is 0 Å². The molecule has 0 aliphatic rings. The van der Waals surface area contributed by atoms with Gasteiger partial charge in [0.15, 0.2) is 5.52 Å². The summed E-state index contributed by atoms with van der Waals surface area (Å²) in [6.45, 7) is 4.12. The molecule has 0 radical (unpaired) electrons. The monoisotopic (exact) mass is 265 g/mol. The van der Waals surface area contributed by atoms with E-state index in [9.17, 15) is 10.1 Å². The van der Waals surface area contributed by atoms with Crippen molar-refractivity contribution in [1.82, 2.24) is 4.98 Å². The van der Waals surface area contributed by atoms with E-state index in [1.54, 1.807) is 11.6 Å². The summed E-state index contributed by atoms with van der Waals surface area (Å²) in [6.07, 6.45) is 2.02. The van der Waals surface area contributed by atoms with E-state index in [1.807, 2.05) is 13.0 Å². The first-order chi connectivity index (χ1) is 8.63. The fourth-order valence-electron chi connectivity index (χ4n) is 1.99. The van der Waals surface area contributed by atoms with E-state index in [2.05, 4.69) is 17.2 Å². The lowest BCUT2D eigenvalue weighted by molar-refractivity contribution is -0.382. The Balaban J connectivity index is 2.43. The molecule has 0 bridgehead atoms. The number of benzene rings is 1. The summed E-state index contributed by atoms with van der Waals surface area (Å²) in [6, 6.07) is 3.86. The SMILES string of the molecule is CCCC(C)Nc1ccc2scnc2c1[N+](=O)[O-]. The van der Waals surface area contributed by atoms with E-state index in [0.717, 1.165) is 17.5 Å². The van der Waals surface area contributed by atoms with Crippen LogP contribution in [-0.2, 0) is 0 Å². The highest BCUT2D eigenvalue weighted by Gasteiger charge is 2.21. The number of anilines is 1. The number of nitrogens with one attached hydrogen (secondary N) is 1. The molecule has 1 unspecified atom stereocenters. The number of nitro benzene ring substituents is 1. The number of hydrogen-bond acceptors (Lipinski definition) is 5. The lowest BCUT2D eigenvalue weighted by Crippen LogP contribution is -2.15. The molecule has 1 aromatic carbocycles. The molecule has 2 rings (SSSR count). The highest BCUT2D eigenvalue weighted by atomic mass is 32.1. The molecule has 0 fully saturated rings. The highest BCUT2D eigenvalue weighted by molar-refractivity contribution is 7.16. The maximum atomic E-state index is 11.2. The third-order valence-electron chi connectivity index (χ3n) is 2.78. The van der Waals surface area contributed by atoms with E-state index < -0.39 is 0 Å². The van der Waals surface area contributed by atoms with Crippen LogP contribution < -0.4 is 5.32 Å². The summed E-state index contributed by atoms with van der Waals surface area (Å²) in [7, 11) is 0. The van der Waals surface area contributed by atoms with E-state index in [1.165, 1.54) is 11.3 Å². The van der Waals surface area contributed by atoms with Gasteiger partial charge in [-0.1, -0.05) is 13.3 Å². The molecule has 0 aliphatic heterocycles. The standard InChI is InChI=1S/C12H15N3O2S/c1-3-4-8(2)14-9-5-6-10-11(13-7-18-10)12(9)15(16)17/h5-8,14H,3-4H2,1-2H3. The van der Waals surface area contributed by atoms with Crippen LogP contribution in [0.5, 0.6) is 0 Å². The van der Waals surface area contributed by atoms with Crippen LogP contribution in [0.1, 0.15) is 26.7 Å². The van der Waals surface area contributed by atoms with Gasteiger partial charge in [-0.3, -0.25) is 10.1 Å². The van der Waals surface area contributed by atoms with Gasteiger partial charge in [0.05, 0.1) is 15.1 Å². The molecular formula is C12H15N3O2S. The molecule has 1 heterocycles. The molecule has 18 heavy (non-hydrogen) atoms. The molecular weight excluding hydrogens is 250 g/mol. The topological polar surface area (TPSA) is 68.1 Å². The van der Waals surface area contributed by atoms with Gasteiger partial charge in [-0.15, -0.1) is 11.3 Å². The van der Waals surface area contributed by atoms with Crippen molar-refractivity contribution in [1.29, 1.82) is 0 Å². The zero-order valence-electron chi connectivity index (χ0n) is 10.3. The zero-order valence-corrected chi connectivity index (χ0v) is 11.2. The Morgan fingerprint density at radius 2 is 2.33 bits per heavy atom. The first-order valence-electron chi connectivity index (χ1n) is 5.90. The summed E-state index contributed by atoms with van der Waals surface area (Å²) >= 11 is 1.41. The number of rotatable bonds is 5. The zero-order chi connectivity index (χ0) is 13.1. The Labute approximate surface area is 109 Å². The van der Waals surface area contributed by atoms with Crippen molar-refractivity contribution in [3.63, 3.8) is 0 Å². The largest absolute Gasteiger partial charge is 0.377 e. The van der Waals surface area contributed by atoms with Crippen molar-refractivity contribution in [3.8, 4) is 0 Å². The van der Waals surface area contributed by atoms with Crippen LogP contribution in [0.4, 0.5) is 11.4 Å². The maximum absolute atomic E-state index is 11.2. The van der Waals surface area contributed by atoms with Gasteiger partial charge < -0.3 is 5.32 Å². The van der Waals surface area contributed by atoms with Gasteiger partial charge in [0.2, 0.25) is 0 Å². The minimum atomic E-state index is -0.358. The van der Waals surface area contributed by atoms with Crippen molar-refractivity contribution in [2.45, 2.75) is 32.7 Å². The van der Waals surface area contributed by atoms with E-state index >= 15 is 0 Å². The van der Waals surface area contributed by atoms with E-state index in [-0.39, 0.29) is 16.7 Å². The second-order valence-electron chi connectivity index (χ2n) is 4.25. The molecule has 0 saturated heterocycles. The smallest absolute Gasteiger partial charge is 0.319 e. The summed E-state index contributed by atoms with van der Waals surface area (Å²) < 4.78 is 0.843. The first-order valence-corrected chi connectivity index (χ1v) is 6.78. The summed E-state index contributed by atoms with van der Waals surface area (Å²) in [5.41, 5.74) is 2.74. The molecule has 2 aromatic rings. The predicted molar refractivity (Wildman–Crippen MR) is 74.3 cm³/mol. The molecule has 0 amide bonds. The Morgan fingerprint density at radius 1 is 1.56 bits per heavy atom. The number of hydrogen-bond donors (Lipinski definition) is 1. The fourth-order valence-corrected chi connectivity index (χ4v) is 2.67. The predicted octanol–water partition coefficient (Wildman–Crippen LogP) is 3.81. The quantitative estimate of drug-likeness (QED) is 0.659. The number of thiazole rings is 1. The van der Waals surface area contributed by atoms with Gasteiger partial charge in [0.1, 0.15) is 5.69 Å². The molecule has 0 saturated carbocycles. The van der Waals surface area contributed by atoms with Crippen molar-refractivity contribution in [3.05, 3.63) is 27.8 Å². The van der Waals surface area contributed by atoms with Crippen LogP contribution >= 0.6 is 11.3 Å². The molecule has 1 N–H and O–H groups in total. The summed E-state index contributed by atoms with van der Waals surface area (Å²) in [5, 5.41) is 14.4. The third kappa shape index (κ3) is 2.43. The molecule has 1 atom stereocenters. The van der Waals surface area contributed by atoms with Gasteiger partial charge in [0, 0.05) is 6.04 Å². The lowest BCUT2D eigenvalue weighted by Gasteiger charge is -2.14. The summed E-state index contributed by atoms with van der Waals surface area (Å²) in [4.78, 5) is 14.9. The highest BCUT2D eigenvalue weighted by Crippen LogP contribution is 2.34. The number of fused-ring (bicyclic) bond motifs is 1. The molecule has 0 aliphatic carbocycles. The average molecular weight is 265 g/mol. The number of nitrogens with zero attached hydrogens (tertiary/aromatic N) is 2. The normalized spacial score (nSPS) is 12.6. The van der Waals surface area contributed by atoms with Crippen LogP contribution in [0.2, 0.25) is 0 Å². The van der Waals surface area contributed by atoms with Crippen molar-refractivity contribution in [2.24, 2.45) is 0 Å². The minimum Gasteiger partial charge on any atom is -0.377 e. The molecule has 96 valence electrons. The lowest BCUT2D eigenvalue weighted by atomic mass is 10.1.